The van der Waals surface area contributed by atoms with Crippen molar-refractivity contribution in [3.63, 3.8) is 0 Å². The first-order valence-corrected chi connectivity index (χ1v) is 8.12. The van der Waals surface area contributed by atoms with Gasteiger partial charge in [0.15, 0.2) is 5.58 Å². The van der Waals surface area contributed by atoms with Crippen molar-refractivity contribution in [2.45, 2.75) is 12.8 Å². The number of nitrogens with zero attached hydrogens (tertiary/aromatic N) is 2. The van der Waals surface area contributed by atoms with Crippen LogP contribution in [0.15, 0.2) is 52.9 Å². The third-order valence-corrected chi connectivity index (χ3v) is 3.86. The smallest absolute Gasteiger partial charge is 0.303 e. The first kappa shape index (κ1) is 16.8. The number of ether oxygens (including phenoxy) is 1. The molecule has 0 aliphatic carbocycles. The van der Waals surface area contributed by atoms with Gasteiger partial charge in [-0.2, -0.15) is 4.98 Å². The second-order valence-electron chi connectivity index (χ2n) is 5.77. The van der Waals surface area contributed by atoms with E-state index >= 15 is 0 Å². The van der Waals surface area contributed by atoms with Gasteiger partial charge in [-0.25, -0.2) is 0 Å². The maximum absolute atomic E-state index is 10.6. The zero-order valence-electron chi connectivity index (χ0n) is 14.0. The number of carboxylic acids is 1. The molecular formula is C19H20N2O4. The van der Waals surface area contributed by atoms with Crippen molar-refractivity contribution >= 4 is 23.1 Å². The van der Waals surface area contributed by atoms with Crippen LogP contribution in [0.3, 0.4) is 0 Å². The molecule has 0 radical (unpaired) electrons. The second kappa shape index (κ2) is 7.70. The van der Waals surface area contributed by atoms with Gasteiger partial charge in [-0.05, 0) is 36.2 Å². The standard InChI is InChI=1S/C19H20N2O4/c1-21(19-20-16-4-2-3-5-17(16)25-19)12-13-24-15-9-6-14(7-10-15)8-11-18(22)23/h2-7,9-10H,8,11-13H2,1H3,(H,22,23). The zero-order valence-corrected chi connectivity index (χ0v) is 14.0. The lowest BCUT2D eigenvalue weighted by Crippen LogP contribution is -2.23. The van der Waals surface area contributed by atoms with Gasteiger partial charge in [0.25, 0.3) is 6.01 Å². The maximum atomic E-state index is 10.6. The Morgan fingerprint density at radius 3 is 2.68 bits per heavy atom. The van der Waals surface area contributed by atoms with Crippen LogP contribution in [0, 0.1) is 0 Å². The van der Waals surface area contributed by atoms with E-state index in [9.17, 15) is 4.79 Å². The van der Waals surface area contributed by atoms with Gasteiger partial charge in [0, 0.05) is 13.5 Å². The number of aryl methyl sites for hydroxylation is 1. The number of hydrogen-bond donors (Lipinski definition) is 1. The Kier molecular flexibility index (Phi) is 5.18. The summed E-state index contributed by atoms with van der Waals surface area (Å²) in [6, 6.07) is 15.7. The van der Waals surface area contributed by atoms with Crippen LogP contribution in [-0.4, -0.2) is 36.3 Å². The number of likely N-dealkylation sites (N-methyl/N-ethyl adjacent to an activating group) is 1. The number of oxazole rings is 1. The third kappa shape index (κ3) is 4.50. The molecule has 0 aliphatic rings. The number of hydrogen-bond acceptors (Lipinski definition) is 5. The van der Waals surface area contributed by atoms with Crippen LogP contribution in [-0.2, 0) is 11.2 Å². The number of carbonyl (C=O) groups is 1. The minimum absolute atomic E-state index is 0.134. The first-order chi connectivity index (χ1) is 12.1. The van der Waals surface area contributed by atoms with E-state index in [0.717, 1.165) is 22.4 Å². The van der Waals surface area contributed by atoms with Crippen LogP contribution in [0.4, 0.5) is 6.01 Å². The fraction of sp³-hybridized carbons (Fsp3) is 0.263. The molecule has 0 saturated carbocycles. The van der Waals surface area contributed by atoms with Crippen molar-refractivity contribution in [2.75, 3.05) is 25.1 Å². The number of aromatic nitrogens is 1. The molecule has 1 aromatic heterocycles. The van der Waals surface area contributed by atoms with Crippen molar-refractivity contribution in [2.24, 2.45) is 0 Å². The molecule has 25 heavy (non-hydrogen) atoms. The predicted molar refractivity (Wildman–Crippen MR) is 95.2 cm³/mol. The van der Waals surface area contributed by atoms with E-state index in [1.165, 1.54) is 0 Å². The Balaban J connectivity index is 1.49. The number of benzene rings is 2. The molecule has 6 heteroatoms. The molecule has 0 saturated heterocycles. The molecule has 1 heterocycles. The van der Waals surface area contributed by atoms with Gasteiger partial charge in [-0.1, -0.05) is 24.3 Å². The molecule has 0 aliphatic heterocycles. The number of para-hydroxylation sites is 2. The molecule has 0 bridgehead atoms. The Bertz CT molecular complexity index is 809. The third-order valence-electron chi connectivity index (χ3n) is 3.86. The van der Waals surface area contributed by atoms with E-state index < -0.39 is 5.97 Å². The summed E-state index contributed by atoms with van der Waals surface area (Å²) < 4.78 is 11.4. The van der Waals surface area contributed by atoms with Crippen LogP contribution in [0.2, 0.25) is 0 Å². The topological polar surface area (TPSA) is 75.8 Å². The monoisotopic (exact) mass is 340 g/mol. The van der Waals surface area contributed by atoms with Crippen molar-refractivity contribution in [1.29, 1.82) is 0 Å². The quantitative estimate of drug-likeness (QED) is 0.678. The lowest BCUT2D eigenvalue weighted by Gasteiger charge is -2.15. The number of anilines is 1. The van der Waals surface area contributed by atoms with Crippen LogP contribution in [0.5, 0.6) is 5.75 Å². The summed E-state index contributed by atoms with van der Waals surface area (Å²) in [4.78, 5) is 16.9. The van der Waals surface area contributed by atoms with Crippen LogP contribution in [0.1, 0.15) is 12.0 Å². The molecule has 2 aromatic carbocycles. The van der Waals surface area contributed by atoms with E-state index in [-0.39, 0.29) is 6.42 Å². The highest BCUT2D eigenvalue weighted by Gasteiger charge is 2.09. The van der Waals surface area contributed by atoms with Crippen molar-refractivity contribution < 1.29 is 19.1 Å². The van der Waals surface area contributed by atoms with Gasteiger partial charge in [-0.3, -0.25) is 4.79 Å². The van der Waals surface area contributed by atoms with Crippen LogP contribution < -0.4 is 9.64 Å². The van der Waals surface area contributed by atoms with E-state index in [1.807, 2.05) is 60.5 Å². The van der Waals surface area contributed by atoms with Gasteiger partial charge < -0.3 is 19.2 Å². The van der Waals surface area contributed by atoms with Crippen LogP contribution >= 0.6 is 0 Å². The Morgan fingerprint density at radius 1 is 1.20 bits per heavy atom. The van der Waals surface area contributed by atoms with Crippen molar-refractivity contribution in [1.82, 2.24) is 4.98 Å². The SMILES string of the molecule is CN(CCOc1ccc(CCC(=O)O)cc1)c1nc2ccccc2o1. The normalized spacial score (nSPS) is 10.8. The lowest BCUT2D eigenvalue weighted by atomic mass is 10.1. The Labute approximate surface area is 145 Å². The molecule has 0 unspecified atom stereocenters. The lowest BCUT2D eigenvalue weighted by molar-refractivity contribution is -0.136. The van der Waals surface area contributed by atoms with E-state index in [2.05, 4.69) is 4.98 Å². The molecule has 130 valence electrons. The molecule has 3 rings (SSSR count). The molecule has 6 nitrogen and oxygen atoms in total. The van der Waals surface area contributed by atoms with Gasteiger partial charge in [0.05, 0.1) is 6.54 Å². The molecule has 3 aromatic rings. The Morgan fingerprint density at radius 2 is 1.96 bits per heavy atom. The average Bonchev–Trinajstić information content (AvgIpc) is 3.05. The number of carboxylic acid groups (broad SMARTS) is 1. The number of fused-ring (bicyclic) bond motifs is 1. The summed E-state index contributed by atoms with van der Waals surface area (Å²) in [5.41, 5.74) is 2.59. The number of aliphatic carboxylic acids is 1. The average molecular weight is 340 g/mol. The van der Waals surface area contributed by atoms with E-state index in [1.54, 1.807) is 0 Å². The zero-order chi connectivity index (χ0) is 17.6. The summed E-state index contributed by atoms with van der Waals surface area (Å²) in [5, 5.41) is 8.70. The van der Waals surface area contributed by atoms with Gasteiger partial charge in [0.1, 0.15) is 17.9 Å². The summed E-state index contributed by atoms with van der Waals surface area (Å²) in [6.07, 6.45) is 0.658. The Hall–Kier alpha value is -3.02. The highest BCUT2D eigenvalue weighted by Crippen LogP contribution is 2.20. The molecule has 0 spiro atoms. The summed E-state index contributed by atoms with van der Waals surface area (Å²) in [6.45, 7) is 1.12. The first-order valence-electron chi connectivity index (χ1n) is 8.12. The summed E-state index contributed by atoms with van der Waals surface area (Å²) >= 11 is 0. The van der Waals surface area contributed by atoms with Gasteiger partial charge in [0.2, 0.25) is 0 Å². The fourth-order valence-corrected chi connectivity index (χ4v) is 2.42. The summed E-state index contributed by atoms with van der Waals surface area (Å²) in [7, 11) is 1.91. The molecule has 0 fully saturated rings. The molecule has 1 N–H and O–H groups in total. The van der Waals surface area contributed by atoms with Crippen LogP contribution in [0.25, 0.3) is 11.1 Å². The minimum atomic E-state index is -0.789. The van der Waals surface area contributed by atoms with Crippen molar-refractivity contribution in [3.8, 4) is 5.75 Å². The highest BCUT2D eigenvalue weighted by molar-refractivity contribution is 5.74. The van der Waals surface area contributed by atoms with Crippen molar-refractivity contribution in [3.05, 3.63) is 54.1 Å². The largest absolute Gasteiger partial charge is 0.492 e. The maximum Gasteiger partial charge on any atom is 0.303 e. The number of rotatable bonds is 8. The molecular weight excluding hydrogens is 320 g/mol. The fourth-order valence-electron chi connectivity index (χ4n) is 2.42. The van der Waals surface area contributed by atoms with E-state index in [4.69, 9.17) is 14.3 Å². The van der Waals surface area contributed by atoms with Gasteiger partial charge >= 0.3 is 5.97 Å². The summed E-state index contributed by atoms with van der Waals surface area (Å²) in [5.74, 6) is -0.0346. The molecule has 0 amide bonds. The predicted octanol–water partition coefficient (Wildman–Crippen LogP) is 3.36. The van der Waals surface area contributed by atoms with Gasteiger partial charge in [-0.15, -0.1) is 0 Å². The minimum Gasteiger partial charge on any atom is -0.492 e. The molecule has 0 atom stereocenters. The highest BCUT2D eigenvalue weighted by atomic mass is 16.5. The van der Waals surface area contributed by atoms with E-state index in [0.29, 0.717) is 25.6 Å². The second-order valence-corrected chi connectivity index (χ2v) is 5.77.